The van der Waals surface area contributed by atoms with E-state index in [2.05, 4.69) is 15.1 Å². The minimum absolute atomic E-state index is 0.0603. The van der Waals surface area contributed by atoms with Crippen LogP contribution in [0.5, 0.6) is 0 Å². The topological polar surface area (TPSA) is 63.9 Å². The van der Waals surface area contributed by atoms with Gasteiger partial charge < -0.3 is 4.90 Å². The molecule has 0 fully saturated rings. The first-order chi connectivity index (χ1) is 10.7. The maximum Gasteiger partial charge on any atom is 0.254 e. The lowest BCUT2D eigenvalue weighted by Gasteiger charge is -2.14. The maximum atomic E-state index is 12.3. The van der Waals surface area contributed by atoms with Crippen LogP contribution in [-0.2, 0) is 0 Å². The smallest absolute Gasteiger partial charge is 0.254 e. The van der Waals surface area contributed by atoms with Crippen molar-refractivity contribution in [2.75, 3.05) is 14.1 Å². The van der Waals surface area contributed by atoms with Crippen LogP contribution in [0.3, 0.4) is 0 Å². The van der Waals surface area contributed by atoms with Crippen molar-refractivity contribution in [3.05, 3.63) is 60.7 Å². The number of benzene rings is 1. The van der Waals surface area contributed by atoms with Crippen molar-refractivity contribution in [2.24, 2.45) is 0 Å². The first-order valence-electron chi connectivity index (χ1n) is 6.80. The van der Waals surface area contributed by atoms with Gasteiger partial charge in [-0.3, -0.25) is 4.79 Å². The second-order valence-electron chi connectivity index (χ2n) is 4.96. The van der Waals surface area contributed by atoms with E-state index in [4.69, 9.17) is 0 Å². The standard InChI is InChI=1S/C16H15N5O/c1-20(2)16(22)13-7-4-3-6-12(13)14-10-15(18-11-17-14)21-9-5-8-19-21/h3-11H,1-2H3. The van der Waals surface area contributed by atoms with Gasteiger partial charge in [0.2, 0.25) is 0 Å². The van der Waals surface area contributed by atoms with Crippen molar-refractivity contribution in [3.8, 4) is 17.1 Å². The van der Waals surface area contributed by atoms with Gasteiger partial charge in [0.05, 0.1) is 5.69 Å². The lowest BCUT2D eigenvalue weighted by Crippen LogP contribution is -2.22. The number of rotatable bonds is 3. The van der Waals surface area contributed by atoms with Crippen LogP contribution in [-0.4, -0.2) is 44.7 Å². The fraction of sp³-hybridized carbons (Fsp3) is 0.125. The predicted molar refractivity (Wildman–Crippen MR) is 82.6 cm³/mol. The second-order valence-corrected chi connectivity index (χ2v) is 4.96. The van der Waals surface area contributed by atoms with Crippen molar-refractivity contribution in [2.45, 2.75) is 0 Å². The van der Waals surface area contributed by atoms with Gasteiger partial charge in [-0.05, 0) is 12.1 Å². The zero-order valence-corrected chi connectivity index (χ0v) is 12.3. The van der Waals surface area contributed by atoms with Crippen LogP contribution in [0.2, 0.25) is 0 Å². The molecule has 2 aromatic heterocycles. The van der Waals surface area contributed by atoms with E-state index < -0.39 is 0 Å². The summed E-state index contributed by atoms with van der Waals surface area (Å²) < 4.78 is 1.65. The predicted octanol–water partition coefficient (Wildman–Crippen LogP) is 2.03. The van der Waals surface area contributed by atoms with E-state index in [1.54, 1.807) is 35.9 Å². The Balaban J connectivity index is 2.09. The van der Waals surface area contributed by atoms with Crippen molar-refractivity contribution in [3.63, 3.8) is 0 Å². The molecule has 2 heterocycles. The molecule has 0 saturated heterocycles. The first kappa shape index (κ1) is 13.9. The molecule has 0 atom stereocenters. The molecule has 0 aliphatic rings. The van der Waals surface area contributed by atoms with Crippen LogP contribution < -0.4 is 0 Å². The SMILES string of the molecule is CN(C)C(=O)c1ccccc1-c1cc(-n2cccn2)ncn1. The Morgan fingerprint density at radius 1 is 1.14 bits per heavy atom. The fourth-order valence-electron chi connectivity index (χ4n) is 2.16. The summed E-state index contributed by atoms with van der Waals surface area (Å²) in [5.41, 5.74) is 2.07. The van der Waals surface area contributed by atoms with E-state index in [9.17, 15) is 4.79 Å². The third kappa shape index (κ3) is 2.58. The first-order valence-corrected chi connectivity index (χ1v) is 6.80. The highest BCUT2D eigenvalue weighted by Crippen LogP contribution is 2.23. The average Bonchev–Trinajstić information content (AvgIpc) is 3.09. The Morgan fingerprint density at radius 2 is 1.95 bits per heavy atom. The van der Waals surface area contributed by atoms with Gasteiger partial charge in [0.25, 0.3) is 5.91 Å². The molecule has 0 saturated carbocycles. The maximum absolute atomic E-state index is 12.3. The van der Waals surface area contributed by atoms with Crippen LogP contribution in [0.4, 0.5) is 0 Å². The molecule has 0 unspecified atom stereocenters. The summed E-state index contributed by atoms with van der Waals surface area (Å²) >= 11 is 0. The highest BCUT2D eigenvalue weighted by atomic mass is 16.2. The zero-order valence-electron chi connectivity index (χ0n) is 12.3. The fourth-order valence-corrected chi connectivity index (χ4v) is 2.16. The molecule has 6 heteroatoms. The monoisotopic (exact) mass is 293 g/mol. The molecule has 6 nitrogen and oxygen atoms in total. The molecular weight excluding hydrogens is 278 g/mol. The quantitative estimate of drug-likeness (QED) is 0.741. The molecule has 0 aliphatic carbocycles. The van der Waals surface area contributed by atoms with E-state index in [1.807, 2.05) is 36.5 Å². The normalized spacial score (nSPS) is 10.5. The molecule has 0 radical (unpaired) electrons. The van der Waals surface area contributed by atoms with E-state index >= 15 is 0 Å². The molecule has 110 valence electrons. The summed E-state index contributed by atoms with van der Waals surface area (Å²) in [5.74, 6) is 0.594. The highest BCUT2D eigenvalue weighted by molar-refractivity contribution is 6.00. The highest BCUT2D eigenvalue weighted by Gasteiger charge is 2.15. The second kappa shape index (κ2) is 5.77. The summed E-state index contributed by atoms with van der Waals surface area (Å²) in [6, 6.07) is 11.0. The Hall–Kier alpha value is -3.02. The Morgan fingerprint density at radius 3 is 2.68 bits per heavy atom. The molecule has 3 aromatic rings. The molecule has 0 bridgehead atoms. The average molecular weight is 293 g/mol. The number of aromatic nitrogens is 4. The minimum Gasteiger partial charge on any atom is -0.345 e. The molecule has 3 rings (SSSR count). The third-order valence-corrected chi connectivity index (χ3v) is 3.23. The van der Waals surface area contributed by atoms with E-state index in [0.717, 1.165) is 5.56 Å². The number of nitrogens with zero attached hydrogens (tertiary/aromatic N) is 5. The van der Waals surface area contributed by atoms with Gasteiger partial charge in [-0.1, -0.05) is 18.2 Å². The summed E-state index contributed by atoms with van der Waals surface area (Å²) in [6.45, 7) is 0. The van der Waals surface area contributed by atoms with E-state index in [0.29, 0.717) is 17.1 Å². The number of carbonyl (C=O) groups excluding carboxylic acids is 1. The minimum atomic E-state index is -0.0603. The molecule has 0 spiro atoms. The van der Waals surface area contributed by atoms with Gasteiger partial charge in [0.15, 0.2) is 5.82 Å². The van der Waals surface area contributed by atoms with Gasteiger partial charge in [0, 0.05) is 43.7 Å². The third-order valence-electron chi connectivity index (χ3n) is 3.23. The van der Waals surface area contributed by atoms with Gasteiger partial charge in [-0.25, -0.2) is 14.6 Å². The summed E-state index contributed by atoms with van der Waals surface area (Å²) in [4.78, 5) is 22.4. The van der Waals surface area contributed by atoms with E-state index in [-0.39, 0.29) is 5.91 Å². The molecule has 1 aromatic carbocycles. The van der Waals surface area contributed by atoms with Gasteiger partial charge >= 0.3 is 0 Å². The van der Waals surface area contributed by atoms with Gasteiger partial charge in [-0.2, -0.15) is 5.10 Å². The molecule has 0 N–H and O–H groups in total. The van der Waals surface area contributed by atoms with Gasteiger partial charge in [-0.15, -0.1) is 0 Å². The van der Waals surface area contributed by atoms with Gasteiger partial charge in [0.1, 0.15) is 6.33 Å². The lowest BCUT2D eigenvalue weighted by molar-refractivity contribution is 0.0828. The summed E-state index contributed by atoms with van der Waals surface area (Å²) in [6.07, 6.45) is 4.97. The van der Waals surface area contributed by atoms with Crippen LogP contribution in [0, 0.1) is 0 Å². The summed E-state index contributed by atoms with van der Waals surface area (Å²) in [5, 5.41) is 4.16. The Labute approximate surface area is 128 Å². The number of hydrogen-bond acceptors (Lipinski definition) is 4. The molecule has 0 aliphatic heterocycles. The van der Waals surface area contributed by atoms with Crippen molar-refractivity contribution < 1.29 is 4.79 Å². The van der Waals surface area contributed by atoms with Crippen molar-refractivity contribution >= 4 is 5.91 Å². The molecule has 1 amide bonds. The number of amides is 1. The summed E-state index contributed by atoms with van der Waals surface area (Å²) in [7, 11) is 3.46. The van der Waals surface area contributed by atoms with E-state index in [1.165, 1.54) is 6.33 Å². The number of carbonyl (C=O) groups is 1. The van der Waals surface area contributed by atoms with Crippen LogP contribution >= 0.6 is 0 Å². The Bertz CT molecular complexity index is 796. The largest absolute Gasteiger partial charge is 0.345 e. The molecular formula is C16H15N5O. The zero-order chi connectivity index (χ0) is 15.5. The van der Waals surface area contributed by atoms with Crippen molar-refractivity contribution in [1.29, 1.82) is 0 Å². The van der Waals surface area contributed by atoms with Crippen LogP contribution in [0.25, 0.3) is 17.1 Å². The van der Waals surface area contributed by atoms with Crippen LogP contribution in [0.1, 0.15) is 10.4 Å². The molecule has 22 heavy (non-hydrogen) atoms. The Kier molecular flexibility index (Phi) is 3.65. The van der Waals surface area contributed by atoms with Crippen molar-refractivity contribution in [1.82, 2.24) is 24.6 Å². The lowest BCUT2D eigenvalue weighted by atomic mass is 10.0. The van der Waals surface area contributed by atoms with Crippen LogP contribution in [0.15, 0.2) is 55.1 Å². The number of hydrogen-bond donors (Lipinski definition) is 0.